The Balaban J connectivity index is -0.0000000296. The lowest BCUT2D eigenvalue weighted by Crippen LogP contribution is -1.77. The maximum absolute atomic E-state index is 3.00. The van der Waals surface area contributed by atoms with E-state index in [1.54, 1.807) is 0 Å². The molecule has 0 heteroatoms. The number of hydrogen-bond acceptors (Lipinski definition) is 0. The lowest BCUT2D eigenvalue weighted by Gasteiger charge is -1.90. The molecule has 0 fully saturated rings. The monoisotopic (exact) mass is 218 g/mol. The third kappa shape index (κ3) is 625. The highest BCUT2D eigenvalue weighted by Gasteiger charge is 1.80. The predicted octanol–water partition coefficient (Wildman–Crippen LogP) is 6.71. The molecule has 0 radical (unpaired) electrons. The van der Waals surface area contributed by atoms with E-state index in [4.69, 9.17) is 0 Å². The van der Waals surface area contributed by atoms with Crippen molar-refractivity contribution in [2.45, 2.75) is 81.6 Å². The van der Waals surface area contributed by atoms with E-state index in [1.807, 2.05) is 13.8 Å². The van der Waals surface area contributed by atoms with Crippen molar-refractivity contribution in [3.05, 3.63) is 13.2 Å². The van der Waals surface area contributed by atoms with Gasteiger partial charge in [0.2, 0.25) is 0 Å². The Morgan fingerprint density at radius 2 is 0.800 bits per heavy atom. The molecule has 0 heterocycles. The second kappa shape index (κ2) is 67.7. The summed E-state index contributed by atoms with van der Waals surface area (Å²) in [7, 11) is 0. The molecule has 0 N–H and O–H groups in total. The van der Waals surface area contributed by atoms with Gasteiger partial charge in [-0.25, -0.2) is 0 Å². The summed E-state index contributed by atoms with van der Waals surface area (Å²) in [6.07, 6.45) is 3.81. The van der Waals surface area contributed by atoms with Crippen LogP contribution in [0.2, 0.25) is 0 Å². The van der Waals surface area contributed by atoms with Gasteiger partial charge in [-0.05, 0) is 5.92 Å². The van der Waals surface area contributed by atoms with Crippen molar-refractivity contribution < 1.29 is 0 Å². The van der Waals surface area contributed by atoms with Gasteiger partial charge in [-0.2, -0.15) is 0 Å². The summed E-state index contributed by atoms with van der Waals surface area (Å²) < 4.78 is 0. The summed E-state index contributed by atoms with van der Waals surface area (Å²) >= 11 is 0. The summed E-state index contributed by atoms with van der Waals surface area (Å²) in [6.45, 7) is 25.1. The van der Waals surface area contributed by atoms with Crippen molar-refractivity contribution in [3.8, 4) is 0 Å². The number of hydrogen-bond donors (Lipinski definition) is 0. The highest BCUT2D eigenvalue weighted by atomic mass is 13.9. The first-order chi connectivity index (χ1) is 7.10. The molecule has 15 heavy (non-hydrogen) atoms. The van der Waals surface area contributed by atoms with Crippen LogP contribution in [0.25, 0.3) is 0 Å². The first kappa shape index (κ1) is 29.3. The summed E-state index contributed by atoms with van der Waals surface area (Å²) in [5.41, 5.74) is 0. The second-order valence-electron chi connectivity index (χ2n) is 3.22. The fraction of sp³-hybridized carbons (Fsp3) is 0.867. The van der Waals surface area contributed by atoms with E-state index < -0.39 is 0 Å². The molecule has 0 aromatic heterocycles. The van der Waals surface area contributed by atoms with E-state index >= 15 is 0 Å². The highest BCUT2D eigenvalue weighted by molar-refractivity contribution is 4.32. The minimum absolute atomic E-state index is 0.884. The van der Waals surface area contributed by atoms with Gasteiger partial charge >= 0.3 is 0 Å². The minimum atomic E-state index is 0.884. The molecule has 0 atom stereocenters. The third-order valence-electron chi connectivity index (χ3n) is 0.816. The molecular formula is C15H38. The summed E-state index contributed by atoms with van der Waals surface area (Å²) in [5, 5.41) is 0. The summed E-state index contributed by atoms with van der Waals surface area (Å²) in [6, 6.07) is 0. The van der Waals surface area contributed by atoms with Gasteiger partial charge in [0.05, 0.1) is 0 Å². The maximum Gasteiger partial charge on any atom is -0.0474 e. The molecule has 0 aliphatic heterocycles. The average Bonchev–Trinajstić information content (AvgIpc) is 2.26. The first-order valence-electron chi connectivity index (χ1n) is 6.60. The lowest BCUT2D eigenvalue weighted by atomic mass is 10.2. The van der Waals surface area contributed by atoms with E-state index in [2.05, 4.69) is 61.6 Å². The van der Waals surface area contributed by atoms with Crippen LogP contribution in [0.15, 0.2) is 13.2 Å². The fourth-order valence-corrected chi connectivity index (χ4v) is 0. The quantitative estimate of drug-likeness (QED) is 0.429. The van der Waals surface area contributed by atoms with Crippen molar-refractivity contribution in [2.24, 2.45) is 5.92 Å². The number of rotatable bonds is 1. The molecule has 0 rings (SSSR count). The average molecular weight is 218 g/mol. The molecule has 0 bridgehead atoms. The van der Waals surface area contributed by atoms with Gasteiger partial charge in [0.1, 0.15) is 0 Å². The Bertz CT molecular complexity index is 35.3. The molecule has 0 aromatic carbocycles. The zero-order valence-corrected chi connectivity index (χ0v) is 13.1. The summed E-state index contributed by atoms with van der Waals surface area (Å²) in [4.78, 5) is 0. The standard InChI is InChI=1S/C5H12.2C3H8.C2H6.C2H4/c1-4-5(2)3;2*1-3-2;2*1-2/h5H,4H2,1-3H3;2*3H2,1-2H3;1-2H3;1-2H2. The Kier molecular flexibility index (Phi) is 132. The van der Waals surface area contributed by atoms with E-state index in [0.29, 0.717) is 0 Å². The Morgan fingerprint density at radius 1 is 0.733 bits per heavy atom. The van der Waals surface area contributed by atoms with E-state index in [1.165, 1.54) is 19.3 Å². The van der Waals surface area contributed by atoms with E-state index in [0.717, 1.165) is 5.92 Å². The first-order valence-corrected chi connectivity index (χ1v) is 6.60. The Labute approximate surface area is 101 Å². The largest absolute Gasteiger partial charge is 0.106 e. The van der Waals surface area contributed by atoms with Crippen LogP contribution >= 0.6 is 0 Å². The van der Waals surface area contributed by atoms with Crippen LogP contribution in [0.5, 0.6) is 0 Å². The van der Waals surface area contributed by atoms with Gasteiger partial charge in [0.15, 0.2) is 0 Å². The van der Waals surface area contributed by atoms with Crippen molar-refractivity contribution in [3.63, 3.8) is 0 Å². The Morgan fingerprint density at radius 3 is 0.800 bits per heavy atom. The molecule has 0 saturated carbocycles. The molecule has 0 spiro atoms. The molecular weight excluding hydrogens is 180 g/mol. The maximum atomic E-state index is 3.00. The van der Waals surface area contributed by atoms with Gasteiger partial charge in [0, 0.05) is 0 Å². The van der Waals surface area contributed by atoms with Crippen LogP contribution in [0.3, 0.4) is 0 Å². The SMILES string of the molecule is C=C.CC.CCC.CCC.CCC(C)C. The second-order valence-corrected chi connectivity index (χ2v) is 3.22. The van der Waals surface area contributed by atoms with Crippen molar-refractivity contribution in [2.75, 3.05) is 0 Å². The smallest absolute Gasteiger partial charge is 0.0474 e. The van der Waals surface area contributed by atoms with Gasteiger partial charge in [-0.3, -0.25) is 0 Å². The zero-order chi connectivity index (χ0) is 13.7. The van der Waals surface area contributed by atoms with E-state index in [-0.39, 0.29) is 0 Å². The Hall–Kier alpha value is -0.260. The van der Waals surface area contributed by atoms with Gasteiger partial charge in [-0.1, -0.05) is 81.6 Å². The van der Waals surface area contributed by atoms with Gasteiger partial charge in [0.25, 0.3) is 0 Å². The third-order valence-corrected chi connectivity index (χ3v) is 0.816. The van der Waals surface area contributed by atoms with Crippen molar-refractivity contribution >= 4 is 0 Å². The van der Waals surface area contributed by atoms with Gasteiger partial charge in [-0.15, -0.1) is 13.2 Å². The van der Waals surface area contributed by atoms with Crippen LogP contribution in [0.1, 0.15) is 81.6 Å². The molecule has 0 nitrogen and oxygen atoms in total. The molecule has 0 unspecified atom stereocenters. The fourth-order valence-electron chi connectivity index (χ4n) is 0. The van der Waals surface area contributed by atoms with Crippen LogP contribution in [0.4, 0.5) is 0 Å². The van der Waals surface area contributed by atoms with Crippen LogP contribution < -0.4 is 0 Å². The molecule has 0 aliphatic rings. The molecule has 0 amide bonds. The van der Waals surface area contributed by atoms with Crippen LogP contribution in [0, 0.1) is 5.92 Å². The minimum Gasteiger partial charge on any atom is -0.106 e. The van der Waals surface area contributed by atoms with Gasteiger partial charge < -0.3 is 0 Å². The van der Waals surface area contributed by atoms with Crippen molar-refractivity contribution in [1.82, 2.24) is 0 Å². The molecule has 0 aliphatic carbocycles. The van der Waals surface area contributed by atoms with Crippen molar-refractivity contribution in [1.29, 1.82) is 0 Å². The van der Waals surface area contributed by atoms with E-state index in [9.17, 15) is 0 Å². The van der Waals surface area contributed by atoms with Crippen LogP contribution in [-0.4, -0.2) is 0 Å². The molecule has 98 valence electrons. The lowest BCUT2D eigenvalue weighted by molar-refractivity contribution is 0.626. The predicted molar refractivity (Wildman–Crippen MR) is 79.7 cm³/mol. The summed E-state index contributed by atoms with van der Waals surface area (Å²) in [5.74, 6) is 0.884. The highest BCUT2D eigenvalue weighted by Crippen LogP contribution is 1.93. The zero-order valence-electron chi connectivity index (χ0n) is 13.1. The normalized spacial score (nSPS) is 6.27. The molecule has 0 aromatic rings. The molecule has 0 saturated heterocycles. The van der Waals surface area contributed by atoms with Crippen LogP contribution in [-0.2, 0) is 0 Å². The topological polar surface area (TPSA) is 0 Å².